The summed E-state index contributed by atoms with van der Waals surface area (Å²) in [7, 11) is 0. The topological polar surface area (TPSA) is 91.8 Å². The Kier molecular flexibility index (Phi) is 7.00. The zero-order chi connectivity index (χ0) is 23.2. The van der Waals surface area contributed by atoms with Crippen LogP contribution in [-0.2, 0) is 4.74 Å². The Morgan fingerprint density at radius 2 is 1.88 bits per heavy atom. The minimum Gasteiger partial charge on any atom is -0.450 e. The molecule has 1 aliphatic rings. The smallest absolute Gasteiger partial charge is 0.411 e. The Balaban J connectivity index is 1.56. The highest BCUT2D eigenvalue weighted by atomic mass is 16.5. The molecule has 1 amide bonds. The maximum Gasteiger partial charge on any atom is 0.411 e. The third-order valence-electron chi connectivity index (χ3n) is 5.60. The van der Waals surface area contributed by atoms with Crippen LogP contribution < -0.4 is 10.2 Å². The summed E-state index contributed by atoms with van der Waals surface area (Å²) >= 11 is 0. The van der Waals surface area contributed by atoms with Crippen molar-refractivity contribution in [3.05, 3.63) is 71.8 Å². The molecule has 1 aromatic heterocycles. The van der Waals surface area contributed by atoms with Gasteiger partial charge in [-0.2, -0.15) is 0 Å². The van der Waals surface area contributed by atoms with Crippen LogP contribution in [0.5, 0.6) is 0 Å². The zero-order valence-electron chi connectivity index (χ0n) is 18.5. The van der Waals surface area contributed by atoms with Crippen LogP contribution in [0, 0.1) is 0 Å². The fourth-order valence-electron chi connectivity index (χ4n) is 3.84. The molecule has 170 valence electrons. The number of nitrogens with zero attached hydrogens (tertiary/aromatic N) is 2. The van der Waals surface area contributed by atoms with Gasteiger partial charge in [-0.3, -0.25) is 10.1 Å². The predicted octanol–water partition coefficient (Wildman–Crippen LogP) is 4.66. The predicted molar refractivity (Wildman–Crippen MR) is 130 cm³/mol. The van der Waals surface area contributed by atoms with Crippen LogP contribution >= 0.6 is 0 Å². The Morgan fingerprint density at radius 1 is 1.15 bits per heavy atom. The maximum absolute atomic E-state index is 12.8. The number of hydrogen-bond donors (Lipinski definition) is 2. The molecule has 0 spiro atoms. The van der Waals surface area contributed by atoms with Gasteiger partial charge in [0.1, 0.15) is 5.82 Å². The van der Waals surface area contributed by atoms with Crippen LogP contribution in [-0.4, -0.2) is 47.8 Å². The number of ether oxygens (including phenoxy) is 1. The maximum atomic E-state index is 12.8. The van der Waals surface area contributed by atoms with Gasteiger partial charge in [-0.25, -0.2) is 9.78 Å². The van der Waals surface area contributed by atoms with Gasteiger partial charge in [-0.1, -0.05) is 18.2 Å². The number of ketones is 1. The summed E-state index contributed by atoms with van der Waals surface area (Å²) in [5, 5.41) is 13.5. The van der Waals surface area contributed by atoms with Gasteiger partial charge in [0.2, 0.25) is 0 Å². The number of rotatable bonds is 6. The highest BCUT2D eigenvalue weighted by molar-refractivity contribution is 6.07. The molecule has 0 unspecified atom stereocenters. The van der Waals surface area contributed by atoms with Gasteiger partial charge in [0.25, 0.3) is 0 Å². The molecule has 0 radical (unpaired) electrons. The Hall–Kier alpha value is -3.71. The molecule has 2 N–H and O–H groups in total. The molecule has 0 atom stereocenters. The van der Waals surface area contributed by atoms with Crippen LogP contribution in [0.1, 0.15) is 35.7 Å². The number of benzene rings is 2. The van der Waals surface area contributed by atoms with Gasteiger partial charge in [-0.05, 0) is 68.3 Å². The largest absolute Gasteiger partial charge is 0.450 e. The van der Waals surface area contributed by atoms with Crippen molar-refractivity contribution in [3.8, 4) is 0 Å². The van der Waals surface area contributed by atoms with Crippen molar-refractivity contribution in [1.29, 1.82) is 0 Å². The third kappa shape index (κ3) is 5.56. The van der Waals surface area contributed by atoms with Gasteiger partial charge >= 0.3 is 6.09 Å². The SMILES string of the molecule is CCOC(=O)Nc1ccc(C(=O)C=Cc2cc3ccccc3nc2N2CCC(O)CC2)cc1. The number of anilines is 2. The van der Waals surface area contributed by atoms with E-state index >= 15 is 0 Å². The number of para-hydroxylation sites is 1. The first-order chi connectivity index (χ1) is 16.0. The van der Waals surface area contributed by atoms with E-state index in [2.05, 4.69) is 10.2 Å². The minimum atomic E-state index is -0.530. The van der Waals surface area contributed by atoms with E-state index < -0.39 is 6.09 Å². The van der Waals surface area contributed by atoms with Crippen molar-refractivity contribution >= 4 is 40.4 Å². The first kappa shape index (κ1) is 22.5. The highest BCUT2D eigenvalue weighted by Gasteiger charge is 2.20. The van der Waals surface area contributed by atoms with Crippen molar-refractivity contribution in [1.82, 2.24) is 4.98 Å². The number of piperidine rings is 1. The van der Waals surface area contributed by atoms with Gasteiger partial charge < -0.3 is 14.7 Å². The second kappa shape index (κ2) is 10.3. The molecule has 7 nitrogen and oxygen atoms in total. The number of hydrogen-bond acceptors (Lipinski definition) is 6. The van der Waals surface area contributed by atoms with Gasteiger partial charge in [-0.15, -0.1) is 0 Å². The van der Waals surface area contributed by atoms with E-state index in [1.54, 1.807) is 43.3 Å². The monoisotopic (exact) mass is 445 g/mol. The summed E-state index contributed by atoms with van der Waals surface area (Å²) < 4.78 is 4.86. The van der Waals surface area contributed by atoms with Crippen molar-refractivity contribution in [2.24, 2.45) is 0 Å². The number of carbonyl (C=O) groups is 2. The Morgan fingerprint density at radius 3 is 2.61 bits per heavy atom. The molecule has 2 heterocycles. The molecule has 0 aliphatic carbocycles. The number of nitrogens with one attached hydrogen (secondary N) is 1. The molecule has 1 fully saturated rings. The van der Waals surface area contributed by atoms with Gasteiger partial charge in [0.15, 0.2) is 5.78 Å². The Labute approximate surface area is 192 Å². The molecule has 0 bridgehead atoms. The third-order valence-corrected chi connectivity index (χ3v) is 5.60. The van der Waals surface area contributed by atoms with E-state index in [1.165, 1.54) is 0 Å². The van der Waals surface area contributed by atoms with Crippen LogP contribution in [0.25, 0.3) is 17.0 Å². The minimum absolute atomic E-state index is 0.147. The van der Waals surface area contributed by atoms with Gasteiger partial charge in [0, 0.05) is 35.3 Å². The average molecular weight is 446 g/mol. The lowest BCUT2D eigenvalue weighted by atomic mass is 10.0. The first-order valence-corrected chi connectivity index (χ1v) is 11.1. The molecule has 4 rings (SSSR count). The molecule has 1 saturated heterocycles. The van der Waals surface area contributed by atoms with E-state index in [1.807, 2.05) is 30.3 Å². The van der Waals surface area contributed by atoms with Crippen LogP contribution in [0.15, 0.2) is 60.7 Å². The molecule has 0 saturated carbocycles. The summed E-state index contributed by atoms with van der Waals surface area (Å²) in [6.07, 6.45) is 3.93. The summed E-state index contributed by atoms with van der Waals surface area (Å²) in [5.41, 5.74) is 2.82. The fraction of sp³-hybridized carbons (Fsp3) is 0.269. The molecular weight excluding hydrogens is 418 g/mol. The lowest BCUT2D eigenvalue weighted by Gasteiger charge is -2.31. The summed E-state index contributed by atoms with van der Waals surface area (Å²) in [4.78, 5) is 31.3. The molecule has 3 aromatic rings. The van der Waals surface area contributed by atoms with E-state index in [4.69, 9.17) is 9.72 Å². The Bertz CT molecular complexity index is 1170. The van der Waals surface area contributed by atoms with E-state index in [-0.39, 0.29) is 18.5 Å². The highest BCUT2D eigenvalue weighted by Crippen LogP contribution is 2.27. The van der Waals surface area contributed by atoms with Gasteiger partial charge in [0.05, 0.1) is 18.2 Å². The normalized spacial score (nSPS) is 14.5. The van der Waals surface area contributed by atoms with Crippen molar-refractivity contribution in [2.45, 2.75) is 25.9 Å². The van der Waals surface area contributed by atoms with Crippen LogP contribution in [0.4, 0.5) is 16.3 Å². The number of carbonyl (C=O) groups excluding carboxylic acids is 2. The van der Waals surface area contributed by atoms with Crippen LogP contribution in [0.2, 0.25) is 0 Å². The van der Waals surface area contributed by atoms with Crippen LogP contribution in [0.3, 0.4) is 0 Å². The van der Waals surface area contributed by atoms with E-state index in [9.17, 15) is 14.7 Å². The summed E-state index contributed by atoms with van der Waals surface area (Å²) in [6, 6.07) is 16.6. The molecule has 1 aliphatic heterocycles. The fourth-order valence-corrected chi connectivity index (χ4v) is 3.84. The number of fused-ring (bicyclic) bond motifs is 1. The van der Waals surface area contributed by atoms with Crippen molar-refractivity contribution in [3.63, 3.8) is 0 Å². The number of allylic oxidation sites excluding steroid dienone is 1. The average Bonchev–Trinajstić information content (AvgIpc) is 2.83. The van der Waals surface area contributed by atoms with Crippen molar-refractivity contribution in [2.75, 3.05) is 29.9 Å². The summed E-state index contributed by atoms with van der Waals surface area (Å²) in [5.74, 6) is 0.671. The standard InChI is InChI=1S/C26H27N3O4/c1-2-33-26(32)27-21-10-7-18(8-11-21)24(31)12-9-20-17-19-5-3-4-6-23(19)28-25(20)29-15-13-22(30)14-16-29/h3-12,17,22,30H,2,13-16H2,1H3,(H,27,32). The lowest BCUT2D eigenvalue weighted by Crippen LogP contribution is -2.36. The number of aromatic nitrogens is 1. The molecule has 2 aromatic carbocycles. The number of pyridine rings is 1. The zero-order valence-corrected chi connectivity index (χ0v) is 18.5. The quantitative estimate of drug-likeness (QED) is 0.424. The summed E-state index contributed by atoms with van der Waals surface area (Å²) in [6.45, 7) is 3.46. The molecule has 33 heavy (non-hydrogen) atoms. The number of amides is 1. The number of aliphatic hydroxyl groups is 1. The van der Waals surface area contributed by atoms with E-state index in [0.29, 0.717) is 24.1 Å². The number of aliphatic hydroxyl groups excluding tert-OH is 1. The molecule has 7 heteroatoms. The lowest BCUT2D eigenvalue weighted by molar-refractivity contribution is 0.104. The second-order valence-electron chi connectivity index (χ2n) is 7.93. The van der Waals surface area contributed by atoms with Crippen molar-refractivity contribution < 1.29 is 19.4 Å². The first-order valence-electron chi connectivity index (χ1n) is 11.1. The van der Waals surface area contributed by atoms with E-state index in [0.717, 1.165) is 35.4 Å². The second-order valence-corrected chi connectivity index (χ2v) is 7.93. The molecular formula is C26H27N3O4.